The fourth-order valence-electron chi connectivity index (χ4n) is 1.44. The Bertz CT molecular complexity index is 371. The Balaban J connectivity index is 2.33. The van der Waals surface area contributed by atoms with Crippen LogP contribution in [0.25, 0.3) is 0 Å². The maximum Gasteiger partial charge on any atom is 0.258 e. The zero-order valence-corrected chi connectivity index (χ0v) is 11.7. The van der Waals surface area contributed by atoms with Gasteiger partial charge in [-0.3, -0.25) is 9.78 Å². The quantitative estimate of drug-likeness (QED) is 0.878. The molecule has 0 saturated carbocycles. The first-order valence-corrected chi connectivity index (χ1v) is 6.43. The minimum Gasteiger partial charge on any atom is -0.482 e. The summed E-state index contributed by atoms with van der Waals surface area (Å²) in [5.41, 5.74) is 0. The van der Waals surface area contributed by atoms with E-state index < -0.39 is 0 Å². The molecule has 0 aliphatic carbocycles. The monoisotopic (exact) mass is 300 g/mol. The molecular formula is C12H17BrN2O2. The predicted octanol–water partition coefficient (Wildman–Crippen LogP) is 2.53. The molecule has 0 saturated heterocycles. The number of nitrogens with one attached hydrogen (secondary N) is 1. The Labute approximate surface area is 110 Å². The van der Waals surface area contributed by atoms with Crippen LogP contribution < -0.4 is 10.1 Å². The number of amides is 1. The van der Waals surface area contributed by atoms with E-state index in [-0.39, 0.29) is 18.6 Å². The summed E-state index contributed by atoms with van der Waals surface area (Å²) in [6.45, 7) is 4.10. The number of rotatable bonds is 6. The number of aromatic nitrogens is 1. The Morgan fingerprint density at radius 1 is 1.59 bits per heavy atom. The SMILES string of the molecule is CCCC(C)NC(=O)COc1cncc(Br)c1. The molecule has 0 radical (unpaired) electrons. The van der Waals surface area contributed by atoms with Crippen molar-refractivity contribution in [1.29, 1.82) is 0 Å². The van der Waals surface area contributed by atoms with Crippen molar-refractivity contribution in [2.24, 2.45) is 0 Å². The van der Waals surface area contributed by atoms with Crippen LogP contribution in [0.3, 0.4) is 0 Å². The van der Waals surface area contributed by atoms with Crippen LogP contribution in [0.15, 0.2) is 22.9 Å². The van der Waals surface area contributed by atoms with Crippen molar-refractivity contribution in [2.75, 3.05) is 6.61 Å². The molecule has 17 heavy (non-hydrogen) atoms. The van der Waals surface area contributed by atoms with Crippen LogP contribution in [0.4, 0.5) is 0 Å². The summed E-state index contributed by atoms with van der Waals surface area (Å²) < 4.78 is 6.15. The van der Waals surface area contributed by atoms with E-state index in [2.05, 4.69) is 33.2 Å². The first kappa shape index (κ1) is 14.0. The van der Waals surface area contributed by atoms with E-state index in [4.69, 9.17) is 4.74 Å². The summed E-state index contributed by atoms with van der Waals surface area (Å²) in [4.78, 5) is 15.5. The molecule has 0 spiro atoms. The Kier molecular flexibility index (Phi) is 5.97. The summed E-state index contributed by atoms with van der Waals surface area (Å²) in [5.74, 6) is 0.476. The lowest BCUT2D eigenvalue weighted by atomic mass is 10.2. The number of ether oxygens (including phenoxy) is 1. The van der Waals surface area contributed by atoms with Gasteiger partial charge in [-0.05, 0) is 35.3 Å². The maximum atomic E-state index is 11.5. The van der Waals surface area contributed by atoms with Crippen molar-refractivity contribution in [2.45, 2.75) is 32.7 Å². The molecule has 1 amide bonds. The molecule has 1 unspecified atom stereocenters. The second kappa shape index (κ2) is 7.27. The van der Waals surface area contributed by atoms with Gasteiger partial charge in [0.1, 0.15) is 5.75 Å². The van der Waals surface area contributed by atoms with Gasteiger partial charge in [0.05, 0.1) is 6.20 Å². The van der Waals surface area contributed by atoms with Crippen molar-refractivity contribution in [3.63, 3.8) is 0 Å². The summed E-state index contributed by atoms with van der Waals surface area (Å²) >= 11 is 3.29. The molecule has 0 aromatic carbocycles. The van der Waals surface area contributed by atoms with Gasteiger partial charge in [-0.1, -0.05) is 13.3 Å². The highest BCUT2D eigenvalue weighted by Gasteiger charge is 2.07. The molecule has 4 nitrogen and oxygen atoms in total. The van der Waals surface area contributed by atoms with Crippen molar-refractivity contribution >= 4 is 21.8 Å². The molecule has 1 N–H and O–H groups in total. The van der Waals surface area contributed by atoms with Gasteiger partial charge in [0.15, 0.2) is 6.61 Å². The van der Waals surface area contributed by atoms with E-state index in [9.17, 15) is 4.79 Å². The van der Waals surface area contributed by atoms with Crippen molar-refractivity contribution in [3.05, 3.63) is 22.9 Å². The van der Waals surface area contributed by atoms with Crippen LogP contribution in [-0.2, 0) is 4.79 Å². The number of pyridine rings is 1. The van der Waals surface area contributed by atoms with Crippen molar-refractivity contribution in [1.82, 2.24) is 10.3 Å². The van der Waals surface area contributed by atoms with Gasteiger partial charge in [0.2, 0.25) is 0 Å². The molecule has 94 valence electrons. The van der Waals surface area contributed by atoms with Gasteiger partial charge < -0.3 is 10.1 Å². The highest BCUT2D eigenvalue weighted by atomic mass is 79.9. The third-order valence-corrected chi connectivity index (χ3v) is 2.61. The van der Waals surface area contributed by atoms with Gasteiger partial charge in [-0.15, -0.1) is 0 Å². The van der Waals surface area contributed by atoms with E-state index in [1.165, 1.54) is 0 Å². The number of hydrogen-bond acceptors (Lipinski definition) is 3. The molecule has 0 fully saturated rings. The molecule has 0 bridgehead atoms. The fourth-order valence-corrected chi connectivity index (χ4v) is 1.79. The fraction of sp³-hybridized carbons (Fsp3) is 0.500. The minimum atomic E-state index is -0.106. The van der Waals surface area contributed by atoms with E-state index in [1.54, 1.807) is 18.5 Å². The molecule has 1 heterocycles. The first-order chi connectivity index (χ1) is 8.11. The van der Waals surface area contributed by atoms with Crippen LogP contribution in [-0.4, -0.2) is 23.5 Å². The molecular weight excluding hydrogens is 284 g/mol. The van der Waals surface area contributed by atoms with E-state index in [1.807, 2.05) is 6.92 Å². The number of halogens is 1. The minimum absolute atomic E-state index is 0.0200. The van der Waals surface area contributed by atoms with Crippen LogP contribution in [0.1, 0.15) is 26.7 Å². The van der Waals surface area contributed by atoms with Gasteiger partial charge in [-0.25, -0.2) is 0 Å². The zero-order valence-electron chi connectivity index (χ0n) is 10.1. The number of carbonyl (C=O) groups excluding carboxylic acids is 1. The lowest BCUT2D eigenvalue weighted by molar-refractivity contribution is -0.123. The second-order valence-corrected chi connectivity index (χ2v) is 4.80. The smallest absolute Gasteiger partial charge is 0.258 e. The zero-order chi connectivity index (χ0) is 12.7. The average Bonchev–Trinajstić information content (AvgIpc) is 2.27. The van der Waals surface area contributed by atoms with Crippen LogP contribution in [0, 0.1) is 0 Å². The third-order valence-electron chi connectivity index (χ3n) is 2.18. The van der Waals surface area contributed by atoms with Gasteiger partial charge in [0.25, 0.3) is 5.91 Å². The number of hydrogen-bond donors (Lipinski definition) is 1. The first-order valence-electron chi connectivity index (χ1n) is 5.64. The Morgan fingerprint density at radius 2 is 2.35 bits per heavy atom. The average molecular weight is 301 g/mol. The van der Waals surface area contributed by atoms with Gasteiger partial charge in [0, 0.05) is 16.7 Å². The lowest BCUT2D eigenvalue weighted by Gasteiger charge is -2.13. The molecule has 5 heteroatoms. The van der Waals surface area contributed by atoms with Crippen molar-refractivity contribution in [3.8, 4) is 5.75 Å². The Hall–Kier alpha value is -1.10. The highest BCUT2D eigenvalue weighted by molar-refractivity contribution is 9.10. The predicted molar refractivity (Wildman–Crippen MR) is 69.9 cm³/mol. The standard InChI is InChI=1S/C12H17BrN2O2/c1-3-4-9(2)15-12(16)8-17-11-5-10(13)6-14-7-11/h5-7,9H,3-4,8H2,1-2H3,(H,15,16). The third kappa shape index (κ3) is 5.68. The largest absolute Gasteiger partial charge is 0.482 e. The van der Waals surface area contributed by atoms with E-state index in [0.29, 0.717) is 5.75 Å². The molecule has 1 rings (SSSR count). The second-order valence-electron chi connectivity index (χ2n) is 3.88. The summed E-state index contributed by atoms with van der Waals surface area (Å²) in [6, 6.07) is 1.96. The van der Waals surface area contributed by atoms with Crippen molar-refractivity contribution < 1.29 is 9.53 Å². The number of nitrogens with zero attached hydrogens (tertiary/aromatic N) is 1. The van der Waals surface area contributed by atoms with Gasteiger partial charge in [-0.2, -0.15) is 0 Å². The highest BCUT2D eigenvalue weighted by Crippen LogP contribution is 2.15. The maximum absolute atomic E-state index is 11.5. The Morgan fingerprint density at radius 3 is 3.00 bits per heavy atom. The molecule has 0 aliphatic rings. The molecule has 1 atom stereocenters. The van der Waals surface area contributed by atoms with Crippen LogP contribution >= 0.6 is 15.9 Å². The molecule has 1 aromatic heterocycles. The number of carbonyl (C=O) groups is 1. The summed E-state index contributed by atoms with van der Waals surface area (Å²) in [5, 5.41) is 2.87. The van der Waals surface area contributed by atoms with Gasteiger partial charge >= 0.3 is 0 Å². The normalized spacial score (nSPS) is 11.9. The summed E-state index contributed by atoms with van der Waals surface area (Å²) in [6.07, 6.45) is 5.27. The van der Waals surface area contributed by atoms with Crippen LogP contribution in [0.5, 0.6) is 5.75 Å². The topological polar surface area (TPSA) is 51.2 Å². The summed E-state index contributed by atoms with van der Waals surface area (Å²) in [7, 11) is 0. The van der Waals surface area contributed by atoms with E-state index in [0.717, 1.165) is 17.3 Å². The molecule has 1 aromatic rings. The lowest BCUT2D eigenvalue weighted by Crippen LogP contribution is -2.35. The molecule has 0 aliphatic heterocycles. The van der Waals surface area contributed by atoms with Crippen LogP contribution in [0.2, 0.25) is 0 Å². The van der Waals surface area contributed by atoms with E-state index >= 15 is 0 Å².